The summed E-state index contributed by atoms with van der Waals surface area (Å²) in [5, 5.41) is 0. The molecule has 2 N–H and O–H groups in total. The van der Waals surface area contributed by atoms with Crippen molar-refractivity contribution < 1.29 is 4.79 Å². The number of nitrogen functional groups attached to an aromatic ring is 1. The number of benzene rings is 1. The van der Waals surface area contributed by atoms with Crippen molar-refractivity contribution >= 4 is 17.3 Å². The van der Waals surface area contributed by atoms with E-state index in [9.17, 15) is 4.79 Å². The van der Waals surface area contributed by atoms with E-state index in [1.54, 1.807) is 0 Å². The van der Waals surface area contributed by atoms with E-state index in [0.29, 0.717) is 11.8 Å². The summed E-state index contributed by atoms with van der Waals surface area (Å²) in [5.41, 5.74) is 7.74. The van der Waals surface area contributed by atoms with Crippen LogP contribution in [0.1, 0.15) is 19.3 Å². The number of carbonyl (C=O) groups excluding carboxylic acids is 1. The molecule has 1 amide bonds. The van der Waals surface area contributed by atoms with Gasteiger partial charge in [0.1, 0.15) is 0 Å². The predicted octanol–water partition coefficient (Wildman–Crippen LogP) is 1.96. The Balaban J connectivity index is 1.33. The van der Waals surface area contributed by atoms with Crippen LogP contribution in [0.4, 0.5) is 11.4 Å². The lowest BCUT2D eigenvalue weighted by molar-refractivity contribution is -0.136. The lowest BCUT2D eigenvalue weighted by atomic mass is 10.0. The van der Waals surface area contributed by atoms with Crippen LogP contribution in [0, 0.1) is 17.8 Å². The molecule has 0 aromatic heterocycles. The van der Waals surface area contributed by atoms with Gasteiger partial charge in [0, 0.05) is 43.5 Å². The summed E-state index contributed by atoms with van der Waals surface area (Å²) in [7, 11) is 0. The molecule has 4 nitrogen and oxygen atoms in total. The maximum atomic E-state index is 12.5. The van der Waals surface area contributed by atoms with E-state index in [2.05, 4.69) is 21.9 Å². The highest BCUT2D eigenvalue weighted by Gasteiger charge is 2.48. The number of amides is 1. The fraction of sp³-hybridized carbons (Fsp3) is 0.588. The fourth-order valence-electron chi connectivity index (χ4n) is 4.04. The van der Waals surface area contributed by atoms with Crippen LogP contribution in [-0.4, -0.2) is 37.0 Å². The van der Waals surface area contributed by atoms with E-state index >= 15 is 0 Å². The van der Waals surface area contributed by atoms with E-state index in [1.165, 1.54) is 12.1 Å². The minimum atomic E-state index is 0.330. The molecule has 1 saturated heterocycles. The Morgan fingerprint density at radius 3 is 2.19 bits per heavy atom. The molecule has 2 aliphatic carbocycles. The summed E-state index contributed by atoms with van der Waals surface area (Å²) in [6, 6.07) is 8.02. The molecule has 21 heavy (non-hydrogen) atoms. The number of fused-ring (bicyclic) bond motifs is 1. The zero-order valence-electron chi connectivity index (χ0n) is 12.4. The molecule has 3 aliphatic rings. The highest BCUT2D eigenvalue weighted by molar-refractivity contribution is 5.79. The smallest absolute Gasteiger partial charge is 0.225 e. The van der Waals surface area contributed by atoms with Crippen LogP contribution in [0.3, 0.4) is 0 Å². The molecule has 4 heteroatoms. The molecular formula is C17H23N3O. The second-order valence-corrected chi connectivity index (χ2v) is 6.83. The molecule has 0 radical (unpaired) electrons. The number of anilines is 2. The number of carbonyl (C=O) groups is 1. The van der Waals surface area contributed by atoms with Crippen molar-refractivity contribution in [1.82, 2.24) is 4.90 Å². The molecule has 1 aliphatic heterocycles. The van der Waals surface area contributed by atoms with E-state index in [1.807, 2.05) is 12.1 Å². The molecule has 1 heterocycles. The van der Waals surface area contributed by atoms with Crippen LogP contribution < -0.4 is 10.6 Å². The Morgan fingerprint density at radius 2 is 1.57 bits per heavy atom. The monoisotopic (exact) mass is 285 g/mol. The van der Waals surface area contributed by atoms with Gasteiger partial charge < -0.3 is 15.5 Å². The van der Waals surface area contributed by atoms with Gasteiger partial charge in [0.2, 0.25) is 5.91 Å². The molecule has 2 unspecified atom stereocenters. The van der Waals surface area contributed by atoms with Crippen LogP contribution in [0.5, 0.6) is 0 Å². The first kappa shape index (κ1) is 13.0. The van der Waals surface area contributed by atoms with Gasteiger partial charge in [0.25, 0.3) is 0 Å². The normalized spacial score (nSPS) is 31.1. The Morgan fingerprint density at radius 1 is 0.952 bits per heavy atom. The minimum Gasteiger partial charge on any atom is -0.399 e. The Bertz CT molecular complexity index is 523. The molecule has 112 valence electrons. The van der Waals surface area contributed by atoms with Gasteiger partial charge in [-0.25, -0.2) is 0 Å². The summed E-state index contributed by atoms with van der Waals surface area (Å²) in [4.78, 5) is 17.0. The van der Waals surface area contributed by atoms with Gasteiger partial charge in [0.15, 0.2) is 0 Å². The van der Waals surface area contributed by atoms with Crippen LogP contribution >= 0.6 is 0 Å². The molecular weight excluding hydrogens is 262 g/mol. The zero-order valence-corrected chi connectivity index (χ0v) is 12.4. The Hall–Kier alpha value is -1.71. The molecule has 4 rings (SSSR count). The number of rotatable bonds is 2. The first-order valence-corrected chi connectivity index (χ1v) is 8.10. The van der Waals surface area contributed by atoms with Gasteiger partial charge in [-0.1, -0.05) is 0 Å². The van der Waals surface area contributed by atoms with E-state index in [4.69, 9.17) is 5.73 Å². The van der Waals surface area contributed by atoms with Crippen LogP contribution in [0.15, 0.2) is 24.3 Å². The number of piperazine rings is 1. The zero-order chi connectivity index (χ0) is 14.4. The van der Waals surface area contributed by atoms with Gasteiger partial charge in [-0.05, 0) is 55.4 Å². The van der Waals surface area contributed by atoms with Gasteiger partial charge in [-0.15, -0.1) is 0 Å². The van der Waals surface area contributed by atoms with Crippen LogP contribution in [-0.2, 0) is 4.79 Å². The quantitative estimate of drug-likeness (QED) is 0.845. The molecule has 2 saturated carbocycles. The number of nitrogens with zero attached hydrogens (tertiary/aromatic N) is 2. The Labute approximate surface area is 125 Å². The summed E-state index contributed by atoms with van der Waals surface area (Å²) in [6.07, 6.45) is 3.69. The van der Waals surface area contributed by atoms with E-state index < -0.39 is 0 Å². The lowest BCUT2D eigenvalue weighted by Crippen LogP contribution is -2.50. The van der Waals surface area contributed by atoms with Crippen molar-refractivity contribution in [2.75, 3.05) is 36.8 Å². The predicted molar refractivity (Wildman–Crippen MR) is 84.0 cm³/mol. The van der Waals surface area contributed by atoms with Crippen LogP contribution in [0.2, 0.25) is 0 Å². The second kappa shape index (κ2) is 4.93. The lowest BCUT2D eigenvalue weighted by Gasteiger charge is -2.37. The highest BCUT2D eigenvalue weighted by atomic mass is 16.2. The molecule has 1 aromatic rings. The first-order chi connectivity index (χ1) is 10.2. The maximum absolute atomic E-state index is 12.5. The summed E-state index contributed by atoms with van der Waals surface area (Å²) in [5.74, 6) is 2.51. The molecule has 1 aromatic carbocycles. The van der Waals surface area contributed by atoms with Crippen molar-refractivity contribution in [3.8, 4) is 0 Å². The van der Waals surface area contributed by atoms with Crippen LogP contribution in [0.25, 0.3) is 0 Å². The minimum absolute atomic E-state index is 0.330. The van der Waals surface area contributed by atoms with E-state index in [0.717, 1.165) is 56.5 Å². The van der Waals surface area contributed by atoms with Gasteiger partial charge in [0.05, 0.1) is 0 Å². The first-order valence-electron chi connectivity index (χ1n) is 8.10. The maximum Gasteiger partial charge on any atom is 0.225 e. The average molecular weight is 285 g/mol. The number of hydrogen-bond donors (Lipinski definition) is 1. The summed E-state index contributed by atoms with van der Waals surface area (Å²) >= 11 is 0. The van der Waals surface area contributed by atoms with Crippen molar-refractivity contribution in [2.45, 2.75) is 19.3 Å². The molecule has 0 bridgehead atoms. The van der Waals surface area contributed by atoms with E-state index in [-0.39, 0.29) is 0 Å². The third-order valence-electron chi connectivity index (χ3n) is 5.44. The fourth-order valence-corrected chi connectivity index (χ4v) is 4.04. The van der Waals surface area contributed by atoms with Gasteiger partial charge in [-0.3, -0.25) is 4.79 Å². The highest BCUT2D eigenvalue weighted by Crippen LogP contribution is 2.54. The van der Waals surface area contributed by atoms with Crippen molar-refractivity contribution in [1.29, 1.82) is 0 Å². The van der Waals surface area contributed by atoms with Crippen molar-refractivity contribution in [3.63, 3.8) is 0 Å². The van der Waals surface area contributed by atoms with Crippen molar-refractivity contribution in [3.05, 3.63) is 24.3 Å². The molecule has 3 fully saturated rings. The van der Waals surface area contributed by atoms with Gasteiger partial charge >= 0.3 is 0 Å². The largest absolute Gasteiger partial charge is 0.399 e. The Kier molecular flexibility index (Phi) is 3.05. The number of nitrogens with two attached hydrogens (primary N) is 1. The summed E-state index contributed by atoms with van der Waals surface area (Å²) < 4.78 is 0. The third kappa shape index (κ3) is 2.47. The standard InChI is InChI=1S/C17H23N3O/c18-15-1-3-16(4-2-15)19-5-7-20(8-6-19)17(21)14-10-12-9-13(12)11-14/h1-4,12-14H,5-11,18H2. The topological polar surface area (TPSA) is 49.6 Å². The average Bonchev–Trinajstić information content (AvgIpc) is 3.13. The van der Waals surface area contributed by atoms with Crippen molar-refractivity contribution in [2.24, 2.45) is 17.8 Å². The summed E-state index contributed by atoms with van der Waals surface area (Å²) in [6.45, 7) is 3.56. The second-order valence-electron chi connectivity index (χ2n) is 6.83. The SMILES string of the molecule is Nc1ccc(N2CCN(C(=O)C3CC4CC4C3)CC2)cc1. The third-order valence-corrected chi connectivity index (χ3v) is 5.44. The molecule has 0 spiro atoms. The van der Waals surface area contributed by atoms with Gasteiger partial charge in [-0.2, -0.15) is 0 Å². The molecule has 2 atom stereocenters. The number of hydrogen-bond acceptors (Lipinski definition) is 3.